The molecule has 0 saturated carbocycles. The predicted molar refractivity (Wildman–Crippen MR) is 194 cm³/mol. The summed E-state index contributed by atoms with van der Waals surface area (Å²) in [5.74, 6) is 0.174. The first kappa shape index (κ1) is 35.9. The van der Waals surface area contributed by atoms with Crippen molar-refractivity contribution in [3.63, 3.8) is 0 Å². The number of sulfonamides is 1. The highest BCUT2D eigenvalue weighted by atomic mass is 32.2. The number of nitrogens with zero attached hydrogens (tertiary/aromatic N) is 2. The van der Waals surface area contributed by atoms with Crippen LogP contribution in [0.2, 0.25) is 0 Å². The third kappa shape index (κ3) is 9.43. The molecule has 1 saturated heterocycles. The van der Waals surface area contributed by atoms with Crippen molar-refractivity contribution in [3.8, 4) is 0 Å². The molecule has 6 rings (SSSR count). The van der Waals surface area contributed by atoms with E-state index in [0.717, 1.165) is 37.2 Å². The number of aromatic nitrogens is 2. The standard InChI is InChI=1S/C37H38N4O6S3/c1-24-8-18-32(19-9-24)50(44,45)41-33(20-26-6-4-3-5-7-26)35(43)38-30-16-14-29(15-17-30)36-46-31(23-48-37-40-39-25(2)49-37)21-34(47-36)28-12-10-27(22-42)11-13-28/h3-19,31,33-34,36,41-42H,20-23H2,1-2H3,(H,38,43). The second kappa shape index (κ2) is 16.4. The maximum absolute atomic E-state index is 13.6. The average molecular weight is 731 g/mol. The Bertz CT molecular complexity index is 1970. The van der Waals surface area contributed by atoms with Gasteiger partial charge in [-0.3, -0.25) is 4.79 Å². The molecular formula is C37H38N4O6S3. The van der Waals surface area contributed by atoms with E-state index in [0.29, 0.717) is 17.9 Å². The van der Waals surface area contributed by atoms with Crippen molar-refractivity contribution < 1.29 is 27.8 Å². The fraction of sp³-hybridized carbons (Fsp3) is 0.270. The van der Waals surface area contributed by atoms with Crippen molar-refractivity contribution in [2.75, 3.05) is 11.1 Å². The molecule has 2 heterocycles. The zero-order valence-electron chi connectivity index (χ0n) is 27.6. The molecule has 0 spiro atoms. The number of ether oxygens (including phenoxy) is 2. The number of aryl methyl sites for hydroxylation is 2. The van der Waals surface area contributed by atoms with Gasteiger partial charge in [-0.25, -0.2) is 8.42 Å². The summed E-state index contributed by atoms with van der Waals surface area (Å²) in [5.41, 5.74) is 4.82. The zero-order valence-corrected chi connectivity index (χ0v) is 30.0. The van der Waals surface area contributed by atoms with Crippen molar-refractivity contribution in [2.24, 2.45) is 0 Å². The molecule has 0 aliphatic carbocycles. The molecule has 3 N–H and O–H groups in total. The zero-order chi connectivity index (χ0) is 35.1. The summed E-state index contributed by atoms with van der Waals surface area (Å²) in [6.07, 6.45) is -0.274. The minimum absolute atomic E-state index is 0.0351. The number of rotatable bonds is 13. The van der Waals surface area contributed by atoms with Gasteiger partial charge in [0.1, 0.15) is 11.0 Å². The molecular weight excluding hydrogens is 693 g/mol. The molecule has 0 radical (unpaired) electrons. The molecule has 13 heteroatoms. The van der Waals surface area contributed by atoms with Gasteiger partial charge >= 0.3 is 0 Å². The fourth-order valence-electron chi connectivity index (χ4n) is 5.49. The van der Waals surface area contributed by atoms with Gasteiger partial charge in [-0.2, -0.15) is 4.72 Å². The van der Waals surface area contributed by atoms with Crippen LogP contribution in [0.3, 0.4) is 0 Å². The lowest BCUT2D eigenvalue weighted by molar-refractivity contribution is -0.245. The molecule has 1 aliphatic rings. The van der Waals surface area contributed by atoms with Gasteiger partial charge in [0.2, 0.25) is 15.9 Å². The molecule has 50 heavy (non-hydrogen) atoms. The van der Waals surface area contributed by atoms with Gasteiger partial charge in [0.25, 0.3) is 0 Å². The number of aliphatic hydroxyl groups excluding tert-OH is 1. The summed E-state index contributed by atoms with van der Waals surface area (Å²) < 4.78 is 43.0. The predicted octanol–water partition coefficient (Wildman–Crippen LogP) is 6.51. The lowest BCUT2D eigenvalue weighted by Gasteiger charge is -2.36. The molecule has 1 fully saturated rings. The number of aliphatic hydroxyl groups is 1. The number of anilines is 1. The van der Waals surface area contributed by atoms with Gasteiger partial charge in [-0.05, 0) is 61.2 Å². The van der Waals surface area contributed by atoms with Crippen LogP contribution in [0.1, 0.15) is 51.6 Å². The molecule has 0 bridgehead atoms. The van der Waals surface area contributed by atoms with Crippen LogP contribution in [0.4, 0.5) is 5.69 Å². The summed E-state index contributed by atoms with van der Waals surface area (Å²) in [4.78, 5) is 13.7. The topological polar surface area (TPSA) is 140 Å². The Hall–Kier alpha value is -3.95. The minimum Gasteiger partial charge on any atom is -0.392 e. The normalized spacial score (nSPS) is 18.4. The molecule has 1 aliphatic heterocycles. The lowest BCUT2D eigenvalue weighted by Crippen LogP contribution is -2.45. The van der Waals surface area contributed by atoms with E-state index in [1.54, 1.807) is 47.4 Å². The van der Waals surface area contributed by atoms with E-state index in [4.69, 9.17) is 9.47 Å². The van der Waals surface area contributed by atoms with Gasteiger partial charge in [0, 0.05) is 23.4 Å². The van der Waals surface area contributed by atoms with Crippen molar-refractivity contribution >= 4 is 44.7 Å². The first-order chi connectivity index (χ1) is 24.1. The first-order valence-corrected chi connectivity index (χ1v) is 19.4. The largest absolute Gasteiger partial charge is 0.392 e. The van der Waals surface area contributed by atoms with E-state index in [9.17, 15) is 18.3 Å². The van der Waals surface area contributed by atoms with Crippen LogP contribution in [0.25, 0.3) is 0 Å². The van der Waals surface area contributed by atoms with Crippen LogP contribution in [0, 0.1) is 13.8 Å². The number of benzene rings is 4. The number of hydrogen-bond acceptors (Lipinski definition) is 10. The molecule has 4 atom stereocenters. The Morgan fingerprint density at radius 3 is 2.26 bits per heavy atom. The number of thioether (sulfide) groups is 1. The van der Waals surface area contributed by atoms with Crippen molar-refractivity contribution in [1.29, 1.82) is 0 Å². The molecule has 1 aromatic heterocycles. The summed E-state index contributed by atoms with van der Waals surface area (Å²) >= 11 is 3.14. The van der Waals surface area contributed by atoms with E-state index in [2.05, 4.69) is 20.2 Å². The van der Waals surface area contributed by atoms with Gasteiger partial charge in [0.05, 0.1) is 23.7 Å². The van der Waals surface area contributed by atoms with E-state index in [1.807, 2.05) is 80.6 Å². The van der Waals surface area contributed by atoms with E-state index in [-0.39, 0.29) is 30.1 Å². The number of hydrogen-bond donors (Lipinski definition) is 3. The van der Waals surface area contributed by atoms with Crippen molar-refractivity contribution in [2.45, 2.75) is 67.1 Å². The summed E-state index contributed by atoms with van der Waals surface area (Å²) in [7, 11) is -3.98. The van der Waals surface area contributed by atoms with Crippen LogP contribution in [0.5, 0.6) is 0 Å². The van der Waals surface area contributed by atoms with Crippen LogP contribution in [-0.2, 0) is 37.3 Å². The lowest BCUT2D eigenvalue weighted by atomic mass is 10.0. The smallest absolute Gasteiger partial charge is 0.242 e. The van der Waals surface area contributed by atoms with Crippen LogP contribution < -0.4 is 10.0 Å². The number of nitrogens with one attached hydrogen (secondary N) is 2. The molecule has 260 valence electrons. The Morgan fingerprint density at radius 1 is 0.900 bits per heavy atom. The van der Waals surface area contributed by atoms with E-state index in [1.165, 1.54) is 12.1 Å². The first-order valence-electron chi connectivity index (χ1n) is 16.1. The molecule has 10 nitrogen and oxygen atoms in total. The number of carbonyl (C=O) groups excluding carboxylic acids is 1. The molecule has 5 aromatic rings. The highest BCUT2D eigenvalue weighted by molar-refractivity contribution is 8.01. The number of carbonyl (C=O) groups is 1. The Labute approximate surface area is 300 Å². The van der Waals surface area contributed by atoms with Gasteiger partial charge in [0.15, 0.2) is 10.6 Å². The van der Waals surface area contributed by atoms with Crippen molar-refractivity contribution in [1.82, 2.24) is 14.9 Å². The third-order valence-corrected chi connectivity index (χ3v) is 11.8. The van der Waals surface area contributed by atoms with Crippen LogP contribution >= 0.6 is 23.1 Å². The van der Waals surface area contributed by atoms with Crippen molar-refractivity contribution in [3.05, 3.63) is 136 Å². The molecule has 4 unspecified atom stereocenters. The maximum atomic E-state index is 13.6. The summed E-state index contributed by atoms with van der Waals surface area (Å²) in [6.45, 7) is 3.77. The third-order valence-electron chi connectivity index (χ3n) is 8.19. The Morgan fingerprint density at radius 2 is 1.60 bits per heavy atom. The Kier molecular flexibility index (Phi) is 11.7. The van der Waals surface area contributed by atoms with Crippen LogP contribution in [0.15, 0.2) is 112 Å². The second-order valence-corrected chi connectivity index (χ2v) is 16.2. The van der Waals surface area contributed by atoms with E-state index < -0.39 is 28.3 Å². The monoisotopic (exact) mass is 730 g/mol. The SMILES string of the molecule is Cc1ccc(S(=O)(=O)NC(Cc2ccccc2)C(=O)Nc2ccc(C3OC(CSc4nnc(C)s4)CC(c4ccc(CO)cc4)O3)cc2)cc1. The van der Waals surface area contributed by atoms with E-state index >= 15 is 0 Å². The fourth-order valence-corrected chi connectivity index (χ4v) is 8.54. The Balaban J connectivity index is 1.17. The highest BCUT2D eigenvalue weighted by Crippen LogP contribution is 2.40. The molecule has 4 aromatic carbocycles. The van der Waals surface area contributed by atoms with Gasteiger partial charge in [-0.1, -0.05) is 108 Å². The maximum Gasteiger partial charge on any atom is 0.242 e. The number of amides is 1. The van der Waals surface area contributed by atoms with Gasteiger partial charge < -0.3 is 19.9 Å². The average Bonchev–Trinajstić information content (AvgIpc) is 3.56. The van der Waals surface area contributed by atoms with Crippen LogP contribution in [-0.4, -0.2) is 47.5 Å². The highest BCUT2D eigenvalue weighted by Gasteiger charge is 2.33. The summed E-state index contributed by atoms with van der Waals surface area (Å²) in [5, 5.41) is 21.6. The molecule has 1 amide bonds. The second-order valence-electron chi connectivity index (χ2n) is 12.0. The summed E-state index contributed by atoms with van der Waals surface area (Å²) in [6, 6.07) is 29.6. The quantitative estimate of drug-likeness (QED) is 0.116. The van der Waals surface area contributed by atoms with Gasteiger partial charge in [-0.15, -0.1) is 10.2 Å². The minimum atomic E-state index is -3.98.